The van der Waals surface area contributed by atoms with E-state index in [-0.39, 0.29) is 0 Å². The molecular formula is C20H35N2O2+. The van der Waals surface area contributed by atoms with E-state index in [0.717, 1.165) is 12.6 Å². The summed E-state index contributed by atoms with van der Waals surface area (Å²) < 4.78 is 3.47. The molecule has 0 saturated carbocycles. The van der Waals surface area contributed by atoms with E-state index in [9.17, 15) is 4.79 Å². The zero-order valence-corrected chi connectivity index (χ0v) is 15.4. The molecule has 4 heteroatoms. The van der Waals surface area contributed by atoms with Crippen molar-refractivity contribution in [2.45, 2.75) is 90.5 Å². The minimum atomic E-state index is -0.442. The van der Waals surface area contributed by atoms with Crippen LogP contribution in [0.2, 0.25) is 0 Å². The van der Waals surface area contributed by atoms with Gasteiger partial charge in [-0.15, -0.1) is 0 Å². The van der Waals surface area contributed by atoms with Gasteiger partial charge in [-0.25, -0.2) is 9.36 Å². The molecule has 1 heterocycles. The van der Waals surface area contributed by atoms with Gasteiger partial charge in [0, 0.05) is 6.08 Å². The van der Waals surface area contributed by atoms with Crippen molar-refractivity contribution in [3.63, 3.8) is 0 Å². The largest absolute Gasteiger partial charge is 0.380 e. The molecular weight excluding hydrogens is 300 g/mol. The molecule has 0 unspecified atom stereocenters. The third-order valence-electron chi connectivity index (χ3n) is 4.30. The van der Waals surface area contributed by atoms with E-state index in [0.29, 0.717) is 0 Å². The molecule has 136 valence electrons. The summed E-state index contributed by atoms with van der Waals surface area (Å²) in [6.45, 7) is 6.62. The number of unbranched alkanes of at least 4 members (excludes halogenated alkanes) is 11. The molecule has 1 aromatic rings. The molecule has 1 aromatic heterocycles. The number of hydrogen-bond donors (Lipinski definition) is 0. The van der Waals surface area contributed by atoms with Crippen molar-refractivity contribution in [3.8, 4) is 0 Å². The quantitative estimate of drug-likeness (QED) is 0.266. The van der Waals surface area contributed by atoms with Gasteiger partial charge in [0.2, 0.25) is 0 Å². The molecule has 0 aliphatic heterocycles. The van der Waals surface area contributed by atoms with Gasteiger partial charge in [-0.3, -0.25) is 4.84 Å². The van der Waals surface area contributed by atoms with Crippen molar-refractivity contribution in [2.24, 2.45) is 0 Å². The number of imidazole rings is 1. The lowest BCUT2D eigenvalue weighted by Gasteiger charge is -2.02. The Bertz CT molecular complexity index is 454. The fraction of sp³-hybridized carbons (Fsp3) is 0.700. The van der Waals surface area contributed by atoms with Crippen molar-refractivity contribution in [1.29, 1.82) is 0 Å². The SMILES string of the molecule is C=CC(=O)On1cc[n+](CCCCCCCCCCCCCC)c1. The van der Waals surface area contributed by atoms with Crippen LogP contribution in [0.15, 0.2) is 31.4 Å². The summed E-state index contributed by atoms with van der Waals surface area (Å²) in [6.07, 6.45) is 22.9. The number of aromatic nitrogens is 2. The van der Waals surface area contributed by atoms with E-state index in [1.54, 1.807) is 12.5 Å². The van der Waals surface area contributed by atoms with Crippen LogP contribution in [0, 0.1) is 0 Å². The Kier molecular flexibility index (Phi) is 11.8. The van der Waals surface area contributed by atoms with Gasteiger partial charge in [-0.05, 0) is 17.6 Å². The molecule has 1 rings (SSSR count). The molecule has 0 N–H and O–H groups in total. The molecule has 0 radical (unpaired) electrons. The van der Waals surface area contributed by atoms with Gasteiger partial charge in [0.1, 0.15) is 6.20 Å². The maximum atomic E-state index is 11.1. The summed E-state index contributed by atoms with van der Waals surface area (Å²) in [5.74, 6) is -0.442. The third kappa shape index (κ3) is 10.2. The maximum Gasteiger partial charge on any atom is 0.380 e. The van der Waals surface area contributed by atoms with Crippen molar-refractivity contribution in [1.82, 2.24) is 4.73 Å². The predicted molar refractivity (Wildman–Crippen MR) is 97.5 cm³/mol. The first-order valence-electron chi connectivity index (χ1n) is 9.68. The van der Waals surface area contributed by atoms with Gasteiger partial charge in [-0.2, -0.15) is 0 Å². The van der Waals surface area contributed by atoms with E-state index in [1.807, 2.05) is 10.8 Å². The van der Waals surface area contributed by atoms with Gasteiger partial charge < -0.3 is 0 Å². The zero-order valence-electron chi connectivity index (χ0n) is 15.4. The van der Waals surface area contributed by atoms with Gasteiger partial charge in [0.25, 0.3) is 6.33 Å². The number of aryl methyl sites for hydroxylation is 1. The van der Waals surface area contributed by atoms with Crippen LogP contribution in [-0.4, -0.2) is 10.7 Å². The van der Waals surface area contributed by atoms with Crippen LogP contribution in [0.4, 0.5) is 0 Å². The first-order chi connectivity index (χ1) is 11.8. The molecule has 24 heavy (non-hydrogen) atoms. The molecule has 0 saturated heterocycles. The Hall–Kier alpha value is -1.58. The minimum Gasteiger partial charge on any atom is -0.253 e. The van der Waals surface area contributed by atoms with Crippen LogP contribution < -0.4 is 9.40 Å². The minimum absolute atomic E-state index is 0.442. The first-order valence-corrected chi connectivity index (χ1v) is 9.68. The summed E-state index contributed by atoms with van der Waals surface area (Å²) in [7, 11) is 0. The molecule has 0 aromatic carbocycles. The van der Waals surface area contributed by atoms with Crippen LogP contribution >= 0.6 is 0 Å². The molecule has 0 amide bonds. The van der Waals surface area contributed by atoms with E-state index in [4.69, 9.17) is 4.84 Å². The van der Waals surface area contributed by atoms with Crippen LogP contribution in [0.25, 0.3) is 0 Å². The van der Waals surface area contributed by atoms with Gasteiger partial charge >= 0.3 is 5.97 Å². The molecule has 0 atom stereocenters. The summed E-state index contributed by atoms with van der Waals surface area (Å²) in [5.41, 5.74) is 0. The molecule has 0 fully saturated rings. The van der Waals surface area contributed by atoms with E-state index >= 15 is 0 Å². The fourth-order valence-electron chi connectivity index (χ4n) is 2.84. The second-order valence-electron chi connectivity index (χ2n) is 6.51. The Labute approximate surface area is 147 Å². The molecule has 4 nitrogen and oxygen atoms in total. The summed E-state index contributed by atoms with van der Waals surface area (Å²) in [6, 6.07) is 0. The number of hydrogen-bond acceptors (Lipinski definition) is 2. The normalized spacial score (nSPS) is 10.7. The lowest BCUT2D eigenvalue weighted by atomic mass is 10.1. The average Bonchev–Trinajstić information content (AvgIpc) is 3.03. The van der Waals surface area contributed by atoms with Gasteiger partial charge in [0.15, 0.2) is 6.20 Å². The van der Waals surface area contributed by atoms with Crippen LogP contribution in [0.1, 0.15) is 84.0 Å². The van der Waals surface area contributed by atoms with Crippen LogP contribution in [-0.2, 0) is 11.3 Å². The second kappa shape index (κ2) is 13.8. The fourth-order valence-corrected chi connectivity index (χ4v) is 2.84. The van der Waals surface area contributed by atoms with Crippen LogP contribution in [0.5, 0.6) is 0 Å². The number of carbonyl (C=O) groups excluding carboxylic acids is 1. The standard InChI is InChI=1S/C20H35N2O2/c1-3-5-6-7-8-9-10-11-12-13-14-15-16-21-17-18-22(19-21)24-20(23)4-2/h4,17-19H,2-3,5-16H2,1H3/q+1. The van der Waals surface area contributed by atoms with Crippen molar-refractivity contribution < 1.29 is 14.2 Å². The summed E-state index contributed by atoms with van der Waals surface area (Å²) in [4.78, 5) is 16.1. The predicted octanol–water partition coefficient (Wildman–Crippen LogP) is 4.62. The lowest BCUT2D eigenvalue weighted by Crippen LogP contribution is -2.31. The molecule has 0 spiro atoms. The maximum absolute atomic E-state index is 11.1. The number of nitrogens with zero attached hydrogens (tertiary/aromatic N) is 2. The zero-order chi connectivity index (χ0) is 17.5. The van der Waals surface area contributed by atoms with Crippen LogP contribution in [0.3, 0.4) is 0 Å². The highest BCUT2D eigenvalue weighted by Crippen LogP contribution is 2.11. The van der Waals surface area contributed by atoms with E-state index < -0.39 is 5.97 Å². The molecule has 0 bridgehead atoms. The van der Waals surface area contributed by atoms with Gasteiger partial charge in [-0.1, -0.05) is 77.7 Å². The molecule has 0 aliphatic carbocycles. The van der Waals surface area contributed by atoms with E-state index in [1.165, 1.54) is 81.8 Å². The first kappa shape index (κ1) is 20.5. The second-order valence-corrected chi connectivity index (χ2v) is 6.51. The molecule has 0 aliphatic rings. The van der Waals surface area contributed by atoms with Crippen molar-refractivity contribution in [2.75, 3.05) is 0 Å². The van der Waals surface area contributed by atoms with E-state index in [2.05, 4.69) is 13.5 Å². The summed E-state index contributed by atoms with van der Waals surface area (Å²) in [5, 5.41) is 0. The van der Waals surface area contributed by atoms with Crippen molar-refractivity contribution >= 4 is 5.97 Å². The Balaban J connectivity index is 1.91. The topological polar surface area (TPSA) is 35.1 Å². The Morgan fingerprint density at radius 2 is 1.54 bits per heavy atom. The number of carbonyl (C=O) groups is 1. The summed E-state index contributed by atoms with van der Waals surface area (Å²) >= 11 is 0. The smallest absolute Gasteiger partial charge is 0.253 e. The third-order valence-corrected chi connectivity index (χ3v) is 4.30. The lowest BCUT2D eigenvalue weighted by molar-refractivity contribution is -0.697. The Morgan fingerprint density at radius 1 is 1.00 bits per heavy atom. The Morgan fingerprint density at radius 3 is 2.08 bits per heavy atom. The highest BCUT2D eigenvalue weighted by Gasteiger charge is 2.07. The number of rotatable bonds is 15. The van der Waals surface area contributed by atoms with Crippen molar-refractivity contribution in [3.05, 3.63) is 31.4 Å². The average molecular weight is 336 g/mol. The van der Waals surface area contributed by atoms with Gasteiger partial charge in [0.05, 0.1) is 6.54 Å². The monoisotopic (exact) mass is 335 g/mol. The highest BCUT2D eigenvalue weighted by molar-refractivity contribution is 5.81. The highest BCUT2D eigenvalue weighted by atomic mass is 16.7.